The van der Waals surface area contributed by atoms with Gasteiger partial charge in [0.1, 0.15) is 5.75 Å². The van der Waals surface area contributed by atoms with Gasteiger partial charge < -0.3 is 14.5 Å². The second-order valence-electron chi connectivity index (χ2n) is 4.08. The normalized spacial score (nSPS) is 12.2. The highest BCUT2D eigenvalue weighted by Gasteiger charge is 2.10. The van der Waals surface area contributed by atoms with Gasteiger partial charge in [-0.25, -0.2) is 0 Å². The van der Waals surface area contributed by atoms with Crippen molar-refractivity contribution < 1.29 is 9.15 Å². The van der Waals surface area contributed by atoms with Crippen LogP contribution in [0.4, 0.5) is 6.01 Å². The van der Waals surface area contributed by atoms with Crippen LogP contribution in [0.15, 0.2) is 28.7 Å². The van der Waals surface area contributed by atoms with Crippen LogP contribution in [0.25, 0.3) is 0 Å². The minimum atomic E-state index is 0.0650. The Balaban J connectivity index is 2.00. The Morgan fingerprint density at radius 3 is 2.68 bits per heavy atom. The molecule has 5 nitrogen and oxygen atoms in total. The summed E-state index contributed by atoms with van der Waals surface area (Å²) in [5.41, 5.74) is 1.11. The van der Waals surface area contributed by atoms with Crippen LogP contribution >= 0.6 is 11.6 Å². The Kier molecular flexibility index (Phi) is 4.63. The second kappa shape index (κ2) is 6.43. The first-order valence-corrected chi connectivity index (χ1v) is 6.55. The predicted molar refractivity (Wildman–Crippen MR) is 73.8 cm³/mol. The molecule has 0 saturated heterocycles. The van der Waals surface area contributed by atoms with Crippen molar-refractivity contribution in [3.8, 4) is 5.75 Å². The minimum absolute atomic E-state index is 0.0650. The topological polar surface area (TPSA) is 60.2 Å². The molecule has 19 heavy (non-hydrogen) atoms. The zero-order valence-corrected chi connectivity index (χ0v) is 11.6. The van der Waals surface area contributed by atoms with Crippen molar-refractivity contribution in [2.45, 2.75) is 19.4 Å². The van der Waals surface area contributed by atoms with Crippen LogP contribution in [0.3, 0.4) is 0 Å². The number of alkyl halides is 1. The first kappa shape index (κ1) is 13.7. The first-order chi connectivity index (χ1) is 9.22. The van der Waals surface area contributed by atoms with E-state index in [4.69, 9.17) is 20.8 Å². The maximum atomic E-state index is 5.62. The third kappa shape index (κ3) is 3.61. The molecule has 0 aliphatic heterocycles. The van der Waals surface area contributed by atoms with Gasteiger partial charge in [-0.05, 0) is 24.6 Å². The molecule has 2 aromatic rings. The number of hydrogen-bond acceptors (Lipinski definition) is 5. The zero-order chi connectivity index (χ0) is 13.7. The summed E-state index contributed by atoms with van der Waals surface area (Å²) in [5.74, 6) is 1.84. The SMILES string of the molecule is COc1ccc(C(C)Nc2nnc(CCCl)o2)cc1. The summed E-state index contributed by atoms with van der Waals surface area (Å²) >= 11 is 5.62. The third-order valence-corrected chi connectivity index (χ3v) is 2.92. The Hall–Kier alpha value is -1.75. The molecule has 0 aliphatic rings. The summed E-state index contributed by atoms with van der Waals surface area (Å²) in [6.45, 7) is 2.02. The number of rotatable bonds is 6. The average Bonchev–Trinajstić information content (AvgIpc) is 2.86. The smallest absolute Gasteiger partial charge is 0.315 e. The molecule has 102 valence electrons. The number of nitrogens with one attached hydrogen (secondary N) is 1. The van der Waals surface area contributed by atoms with E-state index < -0.39 is 0 Å². The molecule has 1 N–H and O–H groups in total. The van der Waals surface area contributed by atoms with E-state index in [9.17, 15) is 0 Å². The molecule has 1 aromatic heterocycles. The van der Waals surface area contributed by atoms with Crippen LogP contribution < -0.4 is 10.1 Å². The Bertz CT molecular complexity index is 513. The number of halogens is 1. The van der Waals surface area contributed by atoms with E-state index in [1.54, 1.807) is 7.11 Å². The molecule has 1 atom stereocenters. The van der Waals surface area contributed by atoms with E-state index in [-0.39, 0.29) is 6.04 Å². The zero-order valence-electron chi connectivity index (χ0n) is 10.9. The minimum Gasteiger partial charge on any atom is -0.497 e. The number of ether oxygens (including phenoxy) is 1. The molecule has 0 radical (unpaired) electrons. The van der Waals surface area contributed by atoms with Crippen LogP contribution in [0.1, 0.15) is 24.4 Å². The van der Waals surface area contributed by atoms with Gasteiger partial charge in [-0.15, -0.1) is 16.7 Å². The first-order valence-electron chi connectivity index (χ1n) is 6.01. The fraction of sp³-hybridized carbons (Fsp3) is 0.385. The Morgan fingerprint density at radius 1 is 1.32 bits per heavy atom. The molecule has 1 heterocycles. The molecule has 6 heteroatoms. The molecule has 0 aliphatic carbocycles. The van der Waals surface area contributed by atoms with Gasteiger partial charge in [-0.2, -0.15) is 0 Å². The van der Waals surface area contributed by atoms with Gasteiger partial charge in [0.05, 0.1) is 13.2 Å². The summed E-state index contributed by atoms with van der Waals surface area (Å²) < 4.78 is 10.5. The fourth-order valence-corrected chi connectivity index (χ4v) is 1.82. The number of aryl methyl sites for hydroxylation is 1. The van der Waals surface area contributed by atoms with Crippen molar-refractivity contribution in [3.05, 3.63) is 35.7 Å². The van der Waals surface area contributed by atoms with E-state index in [0.29, 0.717) is 24.2 Å². The summed E-state index contributed by atoms with van der Waals surface area (Å²) in [6.07, 6.45) is 0.577. The summed E-state index contributed by atoms with van der Waals surface area (Å²) in [6, 6.07) is 8.29. The van der Waals surface area contributed by atoms with E-state index >= 15 is 0 Å². The molecule has 1 aromatic carbocycles. The number of nitrogens with zero attached hydrogens (tertiary/aromatic N) is 2. The lowest BCUT2D eigenvalue weighted by Gasteiger charge is -2.12. The third-order valence-electron chi connectivity index (χ3n) is 2.73. The molecular formula is C13H16ClN3O2. The van der Waals surface area contributed by atoms with Gasteiger partial charge in [0.15, 0.2) is 0 Å². The monoisotopic (exact) mass is 281 g/mol. The van der Waals surface area contributed by atoms with Crippen LogP contribution in [0.5, 0.6) is 5.75 Å². The lowest BCUT2D eigenvalue weighted by molar-refractivity contribution is 0.414. The highest BCUT2D eigenvalue weighted by molar-refractivity contribution is 6.17. The van der Waals surface area contributed by atoms with Crippen molar-refractivity contribution in [3.63, 3.8) is 0 Å². The van der Waals surface area contributed by atoms with Gasteiger partial charge in [0.2, 0.25) is 5.89 Å². The number of benzene rings is 1. The molecule has 2 rings (SSSR count). The summed E-state index contributed by atoms with van der Waals surface area (Å²) in [7, 11) is 1.65. The van der Waals surface area contributed by atoms with Crippen LogP contribution in [0.2, 0.25) is 0 Å². The Labute approximate surface area is 116 Å². The number of hydrogen-bond donors (Lipinski definition) is 1. The van der Waals surface area contributed by atoms with Crippen molar-refractivity contribution in [1.82, 2.24) is 10.2 Å². The molecule has 1 unspecified atom stereocenters. The maximum absolute atomic E-state index is 5.62. The predicted octanol–water partition coefficient (Wildman–Crippen LogP) is 3.03. The van der Waals surface area contributed by atoms with Gasteiger partial charge in [-0.3, -0.25) is 0 Å². The van der Waals surface area contributed by atoms with Crippen molar-refractivity contribution in [2.24, 2.45) is 0 Å². The van der Waals surface area contributed by atoms with E-state index in [1.165, 1.54) is 0 Å². The average molecular weight is 282 g/mol. The van der Waals surface area contributed by atoms with Gasteiger partial charge in [0.25, 0.3) is 0 Å². The highest BCUT2D eigenvalue weighted by Crippen LogP contribution is 2.21. The largest absolute Gasteiger partial charge is 0.497 e. The van der Waals surface area contributed by atoms with E-state index in [2.05, 4.69) is 15.5 Å². The van der Waals surface area contributed by atoms with E-state index in [0.717, 1.165) is 11.3 Å². The lowest BCUT2D eigenvalue weighted by Crippen LogP contribution is -2.06. The highest BCUT2D eigenvalue weighted by atomic mass is 35.5. The summed E-state index contributed by atoms with van der Waals surface area (Å²) in [4.78, 5) is 0. The number of anilines is 1. The fourth-order valence-electron chi connectivity index (χ4n) is 1.65. The van der Waals surface area contributed by atoms with Crippen LogP contribution in [0, 0.1) is 0 Å². The van der Waals surface area contributed by atoms with Crippen molar-refractivity contribution >= 4 is 17.6 Å². The standard InChI is InChI=1S/C13H16ClN3O2/c1-9(10-3-5-11(18-2)6-4-10)15-13-17-16-12(19-13)7-8-14/h3-6,9H,7-8H2,1-2H3,(H,15,17). The van der Waals surface area contributed by atoms with Crippen LogP contribution in [-0.2, 0) is 6.42 Å². The maximum Gasteiger partial charge on any atom is 0.315 e. The van der Waals surface area contributed by atoms with Crippen molar-refractivity contribution in [1.29, 1.82) is 0 Å². The molecule has 0 amide bonds. The molecule has 0 spiro atoms. The second-order valence-corrected chi connectivity index (χ2v) is 4.46. The van der Waals surface area contributed by atoms with Gasteiger partial charge >= 0.3 is 6.01 Å². The van der Waals surface area contributed by atoms with Crippen LogP contribution in [-0.4, -0.2) is 23.2 Å². The number of methoxy groups -OCH3 is 1. The molecule has 0 fully saturated rings. The molecular weight excluding hydrogens is 266 g/mol. The molecule has 0 bridgehead atoms. The van der Waals surface area contributed by atoms with Gasteiger partial charge in [-0.1, -0.05) is 17.2 Å². The molecule has 0 saturated carbocycles. The van der Waals surface area contributed by atoms with E-state index in [1.807, 2.05) is 31.2 Å². The van der Waals surface area contributed by atoms with Gasteiger partial charge in [0, 0.05) is 12.3 Å². The lowest BCUT2D eigenvalue weighted by atomic mass is 10.1. The Morgan fingerprint density at radius 2 is 2.05 bits per heavy atom. The summed E-state index contributed by atoms with van der Waals surface area (Å²) in [5, 5.41) is 11.0. The number of aromatic nitrogens is 2. The quantitative estimate of drug-likeness (QED) is 0.825. The van der Waals surface area contributed by atoms with Crippen molar-refractivity contribution in [2.75, 3.05) is 18.3 Å².